The molecule has 0 amide bonds. The lowest BCUT2D eigenvalue weighted by Crippen LogP contribution is -2.29. The van der Waals surface area contributed by atoms with Crippen LogP contribution in [-0.2, 0) is 28.2 Å². The first-order valence-electron chi connectivity index (χ1n) is 21.6. The number of rotatable bonds is 39. The van der Waals surface area contributed by atoms with Crippen LogP contribution in [0, 0.1) is 0 Å². The Kier molecular flexibility index (Phi) is 38.7. The van der Waals surface area contributed by atoms with Crippen LogP contribution in [0.4, 0.5) is 0 Å². The van der Waals surface area contributed by atoms with Gasteiger partial charge < -0.3 is 19.3 Å². The fraction of sp³-hybridized carbons (Fsp3) is 0.733. The smallest absolute Gasteiger partial charge is 0.462 e. The molecule has 0 aromatic heterocycles. The molecular weight excluding hydrogens is 699 g/mol. The maximum atomic E-state index is 12.4. The highest BCUT2D eigenvalue weighted by molar-refractivity contribution is 7.46. The van der Waals surface area contributed by atoms with Crippen molar-refractivity contribution in [3.63, 3.8) is 0 Å². The molecular formula is C45H79O8P. The lowest BCUT2D eigenvalue weighted by Gasteiger charge is -2.18. The number of allylic oxidation sites excluding steroid dienone is 10. The van der Waals surface area contributed by atoms with Gasteiger partial charge in [0.25, 0.3) is 0 Å². The predicted molar refractivity (Wildman–Crippen MR) is 225 cm³/mol. The molecule has 0 saturated heterocycles. The number of unbranched alkanes of at least 4 members (excludes halogenated alkanes) is 19. The summed E-state index contributed by atoms with van der Waals surface area (Å²) in [4.78, 5) is 42.8. The number of hydrogen-bond donors (Lipinski definition) is 2. The summed E-state index contributed by atoms with van der Waals surface area (Å²) in [5.74, 6) is -0.952. The zero-order valence-electron chi connectivity index (χ0n) is 34.4. The zero-order chi connectivity index (χ0) is 39.6. The van der Waals surface area contributed by atoms with Gasteiger partial charge in [-0.1, -0.05) is 164 Å². The van der Waals surface area contributed by atoms with E-state index in [4.69, 9.17) is 19.3 Å². The molecule has 9 heteroatoms. The molecule has 0 saturated carbocycles. The topological polar surface area (TPSA) is 119 Å². The van der Waals surface area contributed by atoms with Crippen LogP contribution in [0.25, 0.3) is 0 Å². The van der Waals surface area contributed by atoms with Gasteiger partial charge in [-0.2, -0.15) is 0 Å². The Hall–Kier alpha value is -2.25. The van der Waals surface area contributed by atoms with Crippen LogP contribution in [-0.4, -0.2) is 41.0 Å². The molecule has 0 rings (SSSR count). The van der Waals surface area contributed by atoms with E-state index in [1.165, 1.54) is 96.3 Å². The van der Waals surface area contributed by atoms with Gasteiger partial charge in [-0.05, 0) is 77.0 Å². The summed E-state index contributed by atoms with van der Waals surface area (Å²) in [6.45, 7) is 3.61. The SMILES string of the molecule is CCCCC/C=C\C/C=C\CCCCCCCCCCCC(=O)OC[C@H](COP(=O)(O)O)OC(=O)CCC/C=C\C/C=C\C/C=C\CCCCCCCC. The van der Waals surface area contributed by atoms with Gasteiger partial charge in [0.2, 0.25) is 0 Å². The summed E-state index contributed by atoms with van der Waals surface area (Å²) in [6, 6.07) is 0. The maximum Gasteiger partial charge on any atom is 0.469 e. The number of carbonyl (C=O) groups excluding carboxylic acids is 2. The Morgan fingerprint density at radius 1 is 0.481 bits per heavy atom. The van der Waals surface area contributed by atoms with Crippen molar-refractivity contribution in [1.82, 2.24) is 0 Å². The Labute approximate surface area is 330 Å². The quantitative estimate of drug-likeness (QED) is 0.0274. The summed E-state index contributed by atoms with van der Waals surface area (Å²) < 4.78 is 26.3. The average Bonchev–Trinajstić information content (AvgIpc) is 3.14. The fourth-order valence-electron chi connectivity index (χ4n) is 5.77. The van der Waals surface area contributed by atoms with Gasteiger partial charge in [-0.3, -0.25) is 14.1 Å². The van der Waals surface area contributed by atoms with E-state index in [9.17, 15) is 14.2 Å². The van der Waals surface area contributed by atoms with Gasteiger partial charge in [-0.25, -0.2) is 4.57 Å². The Balaban J connectivity index is 3.99. The lowest BCUT2D eigenvalue weighted by atomic mass is 10.1. The van der Waals surface area contributed by atoms with Crippen molar-refractivity contribution >= 4 is 19.8 Å². The Morgan fingerprint density at radius 3 is 1.33 bits per heavy atom. The molecule has 2 N–H and O–H groups in total. The van der Waals surface area contributed by atoms with Crippen molar-refractivity contribution in [2.24, 2.45) is 0 Å². The molecule has 8 nitrogen and oxygen atoms in total. The van der Waals surface area contributed by atoms with Crippen molar-refractivity contribution in [1.29, 1.82) is 0 Å². The van der Waals surface area contributed by atoms with E-state index in [-0.39, 0.29) is 19.4 Å². The number of phosphoric acid groups is 1. The minimum absolute atomic E-state index is 0.138. The Morgan fingerprint density at radius 2 is 0.852 bits per heavy atom. The molecule has 1 atom stereocenters. The van der Waals surface area contributed by atoms with Gasteiger partial charge in [0.15, 0.2) is 6.10 Å². The second-order valence-corrected chi connectivity index (χ2v) is 15.5. The molecule has 0 heterocycles. The van der Waals surface area contributed by atoms with Crippen molar-refractivity contribution in [2.75, 3.05) is 13.2 Å². The summed E-state index contributed by atoms with van der Waals surface area (Å²) >= 11 is 0. The van der Waals surface area contributed by atoms with E-state index in [1.807, 2.05) is 6.08 Å². The first-order valence-corrected chi connectivity index (χ1v) is 23.1. The maximum absolute atomic E-state index is 12.4. The van der Waals surface area contributed by atoms with Crippen molar-refractivity contribution in [3.8, 4) is 0 Å². The van der Waals surface area contributed by atoms with E-state index in [0.29, 0.717) is 19.3 Å². The van der Waals surface area contributed by atoms with Gasteiger partial charge in [0.1, 0.15) is 6.61 Å². The number of carbonyl (C=O) groups is 2. The predicted octanol–water partition coefficient (Wildman–Crippen LogP) is 13.3. The molecule has 0 aromatic rings. The van der Waals surface area contributed by atoms with E-state index < -0.39 is 32.5 Å². The normalized spacial score (nSPS) is 13.0. The van der Waals surface area contributed by atoms with Crippen LogP contribution in [0.1, 0.15) is 194 Å². The highest BCUT2D eigenvalue weighted by atomic mass is 31.2. The van der Waals surface area contributed by atoms with Crippen LogP contribution in [0.2, 0.25) is 0 Å². The standard InChI is InChI=1S/C45H79O8P/c1-3-5-7-9-11-13-15-17-19-21-22-24-25-27-29-31-33-35-37-39-44(46)51-41-43(42-52-54(48,49)50)53-45(47)40-38-36-34-32-30-28-26-23-20-18-16-14-12-10-8-6-4-2/h11,13,17-20,26,28,32,34,43H,3-10,12,14-16,21-25,27,29-31,33,35-42H2,1-2H3,(H2,48,49,50)/b13-11-,19-17-,20-18-,28-26-,34-32-/t43-/m1/s1. The van der Waals surface area contributed by atoms with E-state index in [1.54, 1.807) is 0 Å². The zero-order valence-corrected chi connectivity index (χ0v) is 35.2. The van der Waals surface area contributed by atoms with Crippen LogP contribution in [0.15, 0.2) is 60.8 Å². The highest BCUT2D eigenvalue weighted by Crippen LogP contribution is 2.36. The third kappa shape index (κ3) is 42.5. The molecule has 0 bridgehead atoms. The Bertz CT molecular complexity index is 1060. The molecule has 0 spiro atoms. The number of hydrogen-bond acceptors (Lipinski definition) is 6. The van der Waals surface area contributed by atoms with Gasteiger partial charge in [-0.15, -0.1) is 0 Å². The van der Waals surface area contributed by atoms with Gasteiger partial charge >= 0.3 is 19.8 Å². The van der Waals surface area contributed by atoms with E-state index in [2.05, 4.69) is 73.1 Å². The summed E-state index contributed by atoms with van der Waals surface area (Å²) in [5.41, 5.74) is 0. The van der Waals surface area contributed by atoms with Crippen LogP contribution in [0.3, 0.4) is 0 Å². The molecule has 0 aliphatic rings. The number of phosphoric ester groups is 1. The number of esters is 2. The highest BCUT2D eigenvalue weighted by Gasteiger charge is 2.22. The molecule has 0 aromatic carbocycles. The summed E-state index contributed by atoms with van der Waals surface area (Å²) in [5, 5.41) is 0. The molecule has 0 unspecified atom stereocenters. The van der Waals surface area contributed by atoms with Crippen molar-refractivity contribution < 1.29 is 37.9 Å². The van der Waals surface area contributed by atoms with Crippen LogP contribution in [0.5, 0.6) is 0 Å². The molecule has 0 aliphatic heterocycles. The molecule has 0 aliphatic carbocycles. The minimum Gasteiger partial charge on any atom is -0.462 e. The van der Waals surface area contributed by atoms with Crippen molar-refractivity contribution in [2.45, 2.75) is 200 Å². The van der Waals surface area contributed by atoms with E-state index >= 15 is 0 Å². The van der Waals surface area contributed by atoms with E-state index in [0.717, 1.165) is 51.4 Å². The first-order chi connectivity index (χ1) is 26.3. The van der Waals surface area contributed by atoms with Crippen molar-refractivity contribution in [3.05, 3.63) is 60.8 Å². The largest absolute Gasteiger partial charge is 0.469 e. The van der Waals surface area contributed by atoms with Crippen LogP contribution < -0.4 is 0 Å². The second-order valence-electron chi connectivity index (χ2n) is 14.3. The summed E-state index contributed by atoms with van der Waals surface area (Å²) in [6.07, 6.45) is 50.9. The molecule has 312 valence electrons. The van der Waals surface area contributed by atoms with Gasteiger partial charge in [0, 0.05) is 12.8 Å². The average molecular weight is 779 g/mol. The minimum atomic E-state index is -4.77. The third-order valence-corrected chi connectivity index (χ3v) is 9.49. The number of ether oxygens (including phenoxy) is 2. The molecule has 54 heavy (non-hydrogen) atoms. The molecule has 0 radical (unpaired) electrons. The fourth-order valence-corrected chi connectivity index (χ4v) is 6.13. The molecule has 0 fully saturated rings. The summed E-state index contributed by atoms with van der Waals surface area (Å²) in [7, 11) is -4.77. The monoisotopic (exact) mass is 779 g/mol. The van der Waals surface area contributed by atoms with Crippen LogP contribution >= 0.6 is 7.82 Å². The van der Waals surface area contributed by atoms with Gasteiger partial charge in [0.05, 0.1) is 6.61 Å². The lowest BCUT2D eigenvalue weighted by molar-refractivity contribution is -0.161. The first kappa shape index (κ1) is 51.8. The second kappa shape index (κ2) is 40.4. The third-order valence-electron chi connectivity index (χ3n) is 9.01.